The Labute approximate surface area is 224 Å². The van der Waals surface area contributed by atoms with E-state index in [9.17, 15) is 4.79 Å². The number of amides is 1. The van der Waals surface area contributed by atoms with Crippen molar-refractivity contribution < 1.29 is 9.53 Å². The molecule has 0 atom stereocenters. The van der Waals surface area contributed by atoms with Crippen LogP contribution in [0, 0.1) is 12.8 Å². The van der Waals surface area contributed by atoms with Gasteiger partial charge in [-0.2, -0.15) is 0 Å². The molecule has 1 amide bonds. The molecule has 6 nitrogen and oxygen atoms in total. The summed E-state index contributed by atoms with van der Waals surface area (Å²) in [7, 11) is 0. The van der Waals surface area contributed by atoms with E-state index >= 15 is 0 Å². The normalized spacial score (nSPS) is 16.5. The molecular weight excluding hydrogens is 472 g/mol. The minimum Gasteiger partial charge on any atom is -0.494 e. The van der Waals surface area contributed by atoms with Gasteiger partial charge < -0.3 is 14.0 Å². The first-order chi connectivity index (χ1) is 18.6. The molecule has 1 aliphatic heterocycles. The van der Waals surface area contributed by atoms with Crippen molar-refractivity contribution in [3.8, 4) is 28.1 Å². The van der Waals surface area contributed by atoms with E-state index in [4.69, 9.17) is 9.72 Å². The number of pyridine rings is 1. The van der Waals surface area contributed by atoms with Crippen molar-refractivity contribution in [2.45, 2.75) is 39.7 Å². The number of fused-ring (bicyclic) bond motifs is 1. The summed E-state index contributed by atoms with van der Waals surface area (Å²) < 4.78 is 8.00. The molecule has 38 heavy (non-hydrogen) atoms. The molecule has 6 heteroatoms. The van der Waals surface area contributed by atoms with Gasteiger partial charge in [0, 0.05) is 50.4 Å². The van der Waals surface area contributed by atoms with Crippen molar-refractivity contribution in [1.29, 1.82) is 0 Å². The maximum absolute atomic E-state index is 12.8. The first-order valence-corrected chi connectivity index (χ1v) is 13.9. The van der Waals surface area contributed by atoms with Gasteiger partial charge in [0.25, 0.3) is 0 Å². The van der Waals surface area contributed by atoms with Gasteiger partial charge in [-0.1, -0.05) is 48.4 Å². The second-order valence-corrected chi connectivity index (χ2v) is 10.6. The molecule has 0 N–H and O–H groups in total. The van der Waals surface area contributed by atoms with Gasteiger partial charge in [0.15, 0.2) is 0 Å². The third-order valence-corrected chi connectivity index (χ3v) is 8.03. The van der Waals surface area contributed by atoms with Crippen molar-refractivity contribution in [1.82, 2.24) is 19.2 Å². The quantitative estimate of drug-likeness (QED) is 0.316. The van der Waals surface area contributed by atoms with Crippen LogP contribution < -0.4 is 4.74 Å². The second kappa shape index (κ2) is 10.6. The number of carbonyl (C=O) groups is 1. The van der Waals surface area contributed by atoms with E-state index in [2.05, 4.69) is 75.9 Å². The zero-order valence-corrected chi connectivity index (χ0v) is 22.4. The lowest BCUT2D eigenvalue weighted by Crippen LogP contribution is -2.50. The van der Waals surface area contributed by atoms with Crippen LogP contribution in [0.3, 0.4) is 0 Å². The molecule has 1 saturated heterocycles. The predicted octanol–water partition coefficient (Wildman–Crippen LogP) is 5.82. The summed E-state index contributed by atoms with van der Waals surface area (Å²) in [6.45, 7) is 8.94. The van der Waals surface area contributed by atoms with Gasteiger partial charge >= 0.3 is 0 Å². The predicted molar refractivity (Wildman–Crippen MR) is 151 cm³/mol. The Morgan fingerprint density at radius 1 is 0.947 bits per heavy atom. The molecule has 4 aromatic rings. The van der Waals surface area contributed by atoms with Crippen LogP contribution in [0.5, 0.6) is 5.75 Å². The lowest BCUT2D eigenvalue weighted by molar-refractivity contribution is -0.140. The summed E-state index contributed by atoms with van der Waals surface area (Å²) in [6, 6.07) is 21.2. The third-order valence-electron chi connectivity index (χ3n) is 8.03. The molecule has 1 aliphatic carbocycles. The third kappa shape index (κ3) is 4.93. The molecule has 2 fully saturated rings. The highest BCUT2D eigenvalue weighted by Crippen LogP contribution is 2.31. The van der Waals surface area contributed by atoms with Crippen LogP contribution in [0.25, 0.3) is 28.0 Å². The average Bonchev–Trinajstić information content (AvgIpc) is 3.26. The molecule has 2 aliphatic rings. The minimum absolute atomic E-state index is 0.271. The fourth-order valence-corrected chi connectivity index (χ4v) is 5.54. The number of carbonyl (C=O) groups excluding carboxylic acids is 1. The summed E-state index contributed by atoms with van der Waals surface area (Å²) >= 11 is 0. The van der Waals surface area contributed by atoms with Gasteiger partial charge in [-0.25, -0.2) is 4.98 Å². The highest BCUT2D eigenvalue weighted by atomic mass is 16.5. The molecule has 1 saturated carbocycles. The maximum Gasteiger partial charge on any atom is 0.225 e. The zero-order chi connectivity index (χ0) is 26.1. The van der Waals surface area contributed by atoms with Crippen LogP contribution in [-0.4, -0.2) is 57.9 Å². The van der Waals surface area contributed by atoms with E-state index in [-0.39, 0.29) is 5.92 Å². The van der Waals surface area contributed by atoms with E-state index in [0.29, 0.717) is 12.5 Å². The van der Waals surface area contributed by atoms with E-state index < -0.39 is 0 Å². The fraction of sp³-hybridized carbons (Fsp3) is 0.375. The number of benzene rings is 2. The second-order valence-electron chi connectivity index (χ2n) is 10.6. The van der Waals surface area contributed by atoms with Crippen LogP contribution in [-0.2, 0) is 11.3 Å². The zero-order valence-electron chi connectivity index (χ0n) is 22.4. The Balaban J connectivity index is 1.32. The van der Waals surface area contributed by atoms with Crippen LogP contribution >= 0.6 is 0 Å². The summed E-state index contributed by atoms with van der Waals surface area (Å²) in [4.78, 5) is 22.4. The van der Waals surface area contributed by atoms with E-state index in [1.807, 2.05) is 19.1 Å². The summed E-state index contributed by atoms with van der Waals surface area (Å²) in [5.41, 5.74) is 7.78. The van der Waals surface area contributed by atoms with Crippen LogP contribution in [0.4, 0.5) is 0 Å². The van der Waals surface area contributed by atoms with Crippen molar-refractivity contribution in [2.75, 3.05) is 32.8 Å². The Morgan fingerprint density at radius 2 is 1.71 bits per heavy atom. The Bertz CT molecular complexity index is 1430. The molecule has 0 bridgehead atoms. The van der Waals surface area contributed by atoms with Crippen molar-refractivity contribution >= 4 is 11.6 Å². The van der Waals surface area contributed by atoms with Crippen LogP contribution in [0.1, 0.15) is 37.4 Å². The maximum atomic E-state index is 12.8. The number of hydrogen-bond donors (Lipinski definition) is 0. The van der Waals surface area contributed by atoms with Gasteiger partial charge in [0.05, 0.1) is 18.0 Å². The molecule has 6 rings (SSSR count). The van der Waals surface area contributed by atoms with Crippen molar-refractivity contribution in [3.05, 3.63) is 78.1 Å². The lowest BCUT2D eigenvalue weighted by atomic mass is 9.84. The first-order valence-electron chi connectivity index (χ1n) is 13.9. The Morgan fingerprint density at radius 3 is 2.42 bits per heavy atom. The molecule has 0 spiro atoms. The van der Waals surface area contributed by atoms with Gasteiger partial charge in [-0.3, -0.25) is 9.69 Å². The number of imidazole rings is 1. The Kier molecular flexibility index (Phi) is 6.90. The fourth-order valence-electron chi connectivity index (χ4n) is 5.54. The Hall–Kier alpha value is -3.64. The van der Waals surface area contributed by atoms with E-state index in [0.717, 1.165) is 79.3 Å². The molecule has 3 heterocycles. The minimum atomic E-state index is 0.271. The number of nitrogens with zero attached hydrogens (tertiary/aromatic N) is 4. The number of ether oxygens (including phenoxy) is 1. The summed E-state index contributed by atoms with van der Waals surface area (Å²) in [5, 5.41) is 0. The number of piperazine rings is 1. The smallest absolute Gasteiger partial charge is 0.225 e. The average molecular weight is 509 g/mol. The molecule has 196 valence electrons. The number of aryl methyl sites for hydroxylation is 1. The molecule has 0 radical (unpaired) electrons. The molecule has 2 aromatic carbocycles. The standard InChI is InChI=1S/C32H36N4O2/c1-3-38-28-9-5-8-26(20-28)27-14-15-30-33-31(24-12-10-23(2)11-13-24)29(36(30)21-27)22-34-16-18-35(19-17-34)32(37)25-6-4-7-25/h5,8-15,20-21,25H,3-4,6-7,16-19,22H2,1-2H3. The molecular formula is C32H36N4O2. The van der Waals surface area contributed by atoms with Crippen LogP contribution in [0.2, 0.25) is 0 Å². The summed E-state index contributed by atoms with van der Waals surface area (Å²) in [6.07, 6.45) is 5.54. The number of aromatic nitrogens is 2. The van der Waals surface area contributed by atoms with E-state index in [1.165, 1.54) is 17.7 Å². The highest BCUT2D eigenvalue weighted by Gasteiger charge is 2.31. The van der Waals surface area contributed by atoms with Gasteiger partial charge in [-0.15, -0.1) is 0 Å². The lowest BCUT2D eigenvalue weighted by Gasteiger charge is -2.38. The highest BCUT2D eigenvalue weighted by molar-refractivity contribution is 5.79. The molecule has 2 aromatic heterocycles. The van der Waals surface area contributed by atoms with Gasteiger partial charge in [0.2, 0.25) is 5.91 Å². The monoisotopic (exact) mass is 508 g/mol. The SMILES string of the molecule is CCOc1cccc(-c2ccc3nc(-c4ccc(C)cc4)c(CN4CCN(C(=O)C5CCC5)CC4)n3c2)c1. The van der Waals surface area contributed by atoms with E-state index in [1.54, 1.807) is 0 Å². The number of rotatable bonds is 7. The van der Waals surface area contributed by atoms with Crippen molar-refractivity contribution in [2.24, 2.45) is 5.92 Å². The summed E-state index contributed by atoms with van der Waals surface area (Å²) in [5.74, 6) is 1.52. The largest absolute Gasteiger partial charge is 0.494 e. The topological polar surface area (TPSA) is 50.1 Å². The first kappa shape index (κ1) is 24.7. The van der Waals surface area contributed by atoms with Gasteiger partial charge in [-0.05, 0) is 62.1 Å². The van der Waals surface area contributed by atoms with Crippen LogP contribution in [0.15, 0.2) is 66.9 Å². The van der Waals surface area contributed by atoms with Crippen molar-refractivity contribution in [3.63, 3.8) is 0 Å². The number of hydrogen-bond acceptors (Lipinski definition) is 4. The van der Waals surface area contributed by atoms with Gasteiger partial charge in [0.1, 0.15) is 11.4 Å². The molecule has 0 unspecified atom stereocenters.